The van der Waals surface area contributed by atoms with Gasteiger partial charge in [-0.2, -0.15) is 0 Å². The number of rotatable bonds is 5. The minimum absolute atomic E-state index is 0.307. The Bertz CT molecular complexity index is 770. The molecule has 0 aromatic carbocycles. The summed E-state index contributed by atoms with van der Waals surface area (Å²) in [7, 11) is 1.38. The molecule has 0 radical (unpaired) electrons. The largest absolute Gasteiger partial charge is 0.465 e. The monoisotopic (exact) mass is 332 g/mol. The lowest BCUT2D eigenvalue weighted by Crippen LogP contribution is -1.96. The standard InChI is InChI=1S/C14H12N4O2S2/c1-20-13(19)11-5-4-10(22-11)8-21-14-16-12(17-18-14)9-3-2-6-15-7-9/h2-7H,8H2,1H3,(H,16,17,18). The number of hydrogen-bond acceptors (Lipinski definition) is 7. The highest BCUT2D eigenvalue weighted by atomic mass is 32.2. The molecule has 3 aromatic rings. The molecule has 0 saturated heterocycles. The van der Waals surface area contributed by atoms with E-state index < -0.39 is 0 Å². The van der Waals surface area contributed by atoms with Crippen LogP contribution in [0.15, 0.2) is 41.8 Å². The van der Waals surface area contributed by atoms with Crippen molar-refractivity contribution in [3.63, 3.8) is 0 Å². The number of methoxy groups -OCH3 is 1. The highest BCUT2D eigenvalue weighted by Gasteiger charge is 2.11. The molecule has 0 unspecified atom stereocenters. The summed E-state index contributed by atoms with van der Waals surface area (Å²) in [5.41, 5.74) is 0.894. The summed E-state index contributed by atoms with van der Waals surface area (Å²) in [6, 6.07) is 7.46. The predicted octanol–water partition coefficient (Wildman–Crippen LogP) is 3.01. The minimum Gasteiger partial charge on any atom is -0.465 e. The van der Waals surface area contributed by atoms with Crippen LogP contribution in [0.5, 0.6) is 0 Å². The quantitative estimate of drug-likeness (QED) is 0.571. The highest BCUT2D eigenvalue weighted by molar-refractivity contribution is 7.98. The molecule has 3 heterocycles. The van der Waals surface area contributed by atoms with Gasteiger partial charge in [-0.1, -0.05) is 11.8 Å². The Balaban J connectivity index is 1.64. The lowest BCUT2D eigenvalue weighted by atomic mass is 10.3. The molecular weight excluding hydrogens is 320 g/mol. The fourth-order valence-electron chi connectivity index (χ4n) is 1.74. The third-order valence-corrected chi connectivity index (χ3v) is 4.94. The van der Waals surface area contributed by atoms with Crippen molar-refractivity contribution in [2.45, 2.75) is 10.9 Å². The first-order valence-electron chi connectivity index (χ1n) is 6.39. The topological polar surface area (TPSA) is 80.8 Å². The van der Waals surface area contributed by atoms with Gasteiger partial charge in [0.15, 0.2) is 5.82 Å². The number of pyridine rings is 1. The van der Waals surface area contributed by atoms with Gasteiger partial charge in [-0.3, -0.25) is 10.1 Å². The van der Waals surface area contributed by atoms with Gasteiger partial charge in [0.25, 0.3) is 0 Å². The van der Waals surface area contributed by atoms with Crippen molar-refractivity contribution in [2.75, 3.05) is 7.11 Å². The summed E-state index contributed by atoms with van der Waals surface area (Å²) in [5, 5.41) is 7.74. The van der Waals surface area contributed by atoms with Crippen molar-refractivity contribution < 1.29 is 9.53 Å². The number of esters is 1. The molecule has 112 valence electrons. The second kappa shape index (κ2) is 6.71. The first-order chi connectivity index (χ1) is 10.8. The van der Waals surface area contributed by atoms with E-state index in [1.807, 2.05) is 18.2 Å². The molecule has 0 saturated carbocycles. The van der Waals surface area contributed by atoms with Gasteiger partial charge in [0, 0.05) is 28.6 Å². The lowest BCUT2D eigenvalue weighted by Gasteiger charge is -1.94. The van der Waals surface area contributed by atoms with Crippen molar-refractivity contribution >= 4 is 29.1 Å². The number of carbonyl (C=O) groups is 1. The van der Waals surface area contributed by atoms with E-state index in [2.05, 4.69) is 20.2 Å². The Labute approximate surface area is 135 Å². The van der Waals surface area contributed by atoms with Crippen LogP contribution >= 0.6 is 23.1 Å². The van der Waals surface area contributed by atoms with Crippen LogP contribution in [0, 0.1) is 0 Å². The molecule has 0 atom stereocenters. The number of thiophene rings is 1. The number of H-pyrrole nitrogens is 1. The molecule has 0 spiro atoms. The number of carbonyl (C=O) groups excluding carboxylic acids is 1. The molecule has 0 aliphatic heterocycles. The molecule has 22 heavy (non-hydrogen) atoms. The second-order valence-electron chi connectivity index (χ2n) is 4.25. The summed E-state index contributed by atoms with van der Waals surface area (Å²) in [6.45, 7) is 0. The summed E-state index contributed by atoms with van der Waals surface area (Å²) in [4.78, 5) is 21.6. The Morgan fingerprint density at radius 1 is 1.41 bits per heavy atom. The first kappa shape index (κ1) is 14.7. The maximum absolute atomic E-state index is 11.4. The van der Waals surface area contributed by atoms with Gasteiger partial charge >= 0.3 is 5.97 Å². The third kappa shape index (κ3) is 3.34. The SMILES string of the molecule is COC(=O)c1ccc(CSc2n[nH]c(-c3cccnc3)n2)s1. The van der Waals surface area contributed by atoms with Crippen molar-refractivity contribution in [2.24, 2.45) is 0 Å². The number of hydrogen-bond donors (Lipinski definition) is 1. The molecule has 3 rings (SSSR count). The Kier molecular flexibility index (Phi) is 4.50. The van der Waals surface area contributed by atoms with Crippen LogP contribution in [0.4, 0.5) is 0 Å². The first-order valence-corrected chi connectivity index (χ1v) is 8.19. The van der Waals surface area contributed by atoms with Crippen LogP contribution in [0.2, 0.25) is 0 Å². The zero-order valence-electron chi connectivity index (χ0n) is 11.6. The van der Waals surface area contributed by atoms with Crippen molar-refractivity contribution in [3.05, 3.63) is 46.4 Å². The molecule has 0 fully saturated rings. The fourth-order valence-corrected chi connectivity index (χ4v) is 3.51. The third-order valence-electron chi connectivity index (χ3n) is 2.79. The summed E-state index contributed by atoms with van der Waals surface area (Å²) in [5.74, 6) is 1.08. The number of nitrogens with one attached hydrogen (secondary N) is 1. The molecule has 0 aliphatic carbocycles. The van der Waals surface area contributed by atoms with Gasteiger partial charge in [-0.15, -0.1) is 16.4 Å². The average Bonchev–Trinajstić information content (AvgIpc) is 3.22. The van der Waals surface area contributed by atoms with E-state index in [4.69, 9.17) is 4.74 Å². The van der Waals surface area contributed by atoms with E-state index in [9.17, 15) is 4.79 Å². The molecule has 0 aliphatic rings. The zero-order chi connectivity index (χ0) is 15.4. The van der Waals surface area contributed by atoms with Crippen LogP contribution in [-0.4, -0.2) is 33.2 Å². The van der Waals surface area contributed by atoms with Gasteiger partial charge in [-0.05, 0) is 24.3 Å². The minimum atomic E-state index is -0.307. The van der Waals surface area contributed by atoms with Crippen LogP contribution in [0.1, 0.15) is 14.5 Å². The number of aromatic nitrogens is 4. The van der Waals surface area contributed by atoms with E-state index in [1.54, 1.807) is 18.5 Å². The Hall–Kier alpha value is -2.19. The number of ether oxygens (including phenoxy) is 1. The molecule has 6 nitrogen and oxygen atoms in total. The van der Waals surface area contributed by atoms with Crippen molar-refractivity contribution in [3.8, 4) is 11.4 Å². The molecule has 0 amide bonds. The van der Waals surface area contributed by atoms with Gasteiger partial charge in [0.2, 0.25) is 5.16 Å². The molecule has 0 bridgehead atoms. The number of nitrogens with zero attached hydrogens (tertiary/aromatic N) is 3. The molecule has 3 aromatic heterocycles. The summed E-state index contributed by atoms with van der Waals surface area (Å²) in [6.07, 6.45) is 3.45. The van der Waals surface area contributed by atoms with Gasteiger partial charge in [0.05, 0.1) is 7.11 Å². The van der Waals surface area contributed by atoms with Gasteiger partial charge < -0.3 is 4.74 Å². The lowest BCUT2D eigenvalue weighted by molar-refractivity contribution is 0.0606. The van der Waals surface area contributed by atoms with E-state index in [0.717, 1.165) is 10.4 Å². The maximum atomic E-state index is 11.4. The Morgan fingerprint density at radius 3 is 3.09 bits per heavy atom. The van der Waals surface area contributed by atoms with Gasteiger partial charge in [0.1, 0.15) is 4.88 Å². The van der Waals surface area contributed by atoms with Crippen LogP contribution in [0.25, 0.3) is 11.4 Å². The summed E-state index contributed by atoms with van der Waals surface area (Å²) < 4.78 is 4.69. The van der Waals surface area contributed by atoms with Crippen molar-refractivity contribution in [1.29, 1.82) is 0 Å². The van der Waals surface area contributed by atoms with Crippen LogP contribution in [0.3, 0.4) is 0 Å². The van der Waals surface area contributed by atoms with Gasteiger partial charge in [-0.25, -0.2) is 9.78 Å². The summed E-state index contributed by atoms with van der Waals surface area (Å²) >= 11 is 2.92. The highest BCUT2D eigenvalue weighted by Crippen LogP contribution is 2.26. The second-order valence-corrected chi connectivity index (χ2v) is 6.37. The Morgan fingerprint density at radius 2 is 2.32 bits per heavy atom. The van der Waals surface area contributed by atoms with E-state index in [0.29, 0.717) is 21.6 Å². The normalized spacial score (nSPS) is 10.6. The van der Waals surface area contributed by atoms with Crippen LogP contribution < -0.4 is 0 Å². The number of aromatic amines is 1. The van der Waals surface area contributed by atoms with E-state index in [1.165, 1.54) is 30.2 Å². The average molecular weight is 332 g/mol. The molecular formula is C14H12N4O2S2. The van der Waals surface area contributed by atoms with Crippen LogP contribution in [-0.2, 0) is 10.5 Å². The smallest absolute Gasteiger partial charge is 0.348 e. The fraction of sp³-hybridized carbons (Fsp3) is 0.143. The predicted molar refractivity (Wildman–Crippen MR) is 84.8 cm³/mol. The molecule has 8 heteroatoms. The van der Waals surface area contributed by atoms with Crippen molar-refractivity contribution in [1.82, 2.24) is 20.2 Å². The maximum Gasteiger partial charge on any atom is 0.348 e. The molecule has 1 N–H and O–H groups in total. The van der Waals surface area contributed by atoms with E-state index >= 15 is 0 Å². The number of thioether (sulfide) groups is 1. The zero-order valence-corrected chi connectivity index (χ0v) is 13.3. The van der Waals surface area contributed by atoms with E-state index in [-0.39, 0.29) is 5.97 Å².